The number of hydrogen-bond donors (Lipinski definition) is 2. The highest BCUT2D eigenvalue weighted by atomic mass is 16.5. The Labute approximate surface area is 211 Å². The zero-order valence-electron chi connectivity index (χ0n) is 21.5. The van der Waals surface area contributed by atoms with Gasteiger partial charge in [0, 0.05) is 26.2 Å². The Morgan fingerprint density at radius 3 is 2.37 bits per heavy atom. The van der Waals surface area contributed by atoms with Crippen LogP contribution in [-0.4, -0.2) is 54.1 Å². The molecule has 0 spiro atoms. The van der Waals surface area contributed by atoms with E-state index in [-0.39, 0.29) is 18.5 Å². The molecular formula is C31H43NO3. The van der Waals surface area contributed by atoms with Crippen LogP contribution in [0.15, 0.2) is 54.6 Å². The summed E-state index contributed by atoms with van der Waals surface area (Å²) in [5, 5.41) is 19.5. The molecule has 4 nitrogen and oxygen atoms in total. The summed E-state index contributed by atoms with van der Waals surface area (Å²) in [4.78, 5) is 2.57. The van der Waals surface area contributed by atoms with E-state index in [0.717, 1.165) is 62.7 Å². The van der Waals surface area contributed by atoms with Crippen molar-refractivity contribution < 1.29 is 14.9 Å². The minimum absolute atomic E-state index is 0.180. The predicted octanol–water partition coefficient (Wildman–Crippen LogP) is 6.24. The van der Waals surface area contributed by atoms with Gasteiger partial charge in [0.25, 0.3) is 0 Å². The van der Waals surface area contributed by atoms with Gasteiger partial charge in [0.15, 0.2) is 0 Å². The van der Waals surface area contributed by atoms with Crippen molar-refractivity contribution in [1.82, 2.24) is 4.90 Å². The minimum Gasteiger partial charge on any atom is -0.508 e. The highest BCUT2D eigenvalue weighted by molar-refractivity contribution is 5.92. The highest BCUT2D eigenvalue weighted by Crippen LogP contribution is 2.44. The predicted molar refractivity (Wildman–Crippen MR) is 144 cm³/mol. The molecule has 2 aliphatic rings. The first-order chi connectivity index (χ1) is 17.1. The lowest BCUT2D eigenvalue weighted by Crippen LogP contribution is -2.28. The first-order valence-electron chi connectivity index (χ1n) is 13.6. The van der Waals surface area contributed by atoms with Gasteiger partial charge in [-0.2, -0.15) is 0 Å². The number of aromatic hydroxyl groups is 1. The second kappa shape index (κ2) is 12.7. The van der Waals surface area contributed by atoms with Crippen LogP contribution in [0.1, 0.15) is 63.5 Å². The maximum Gasteiger partial charge on any atom is 0.115 e. The summed E-state index contributed by atoms with van der Waals surface area (Å²) in [6.07, 6.45) is 6.36. The van der Waals surface area contributed by atoms with Crippen molar-refractivity contribution >= 4 is 11.1 Å². The first-order valence-corrected chi connectivity index (χ1v) is 13.6. The van der Waals surface area contributed by atoms with Crippen molar-refractivity contribution in [3.05, 3.63) is 65.7 Å². The number of aliphatic hydroxyl groups excluding tert-OH is 1. The van der Waals surface area contributed by atoms with E-state index < -0.39 is 0 Å². The third-order valence-electron chi connectivity index (χ3n) is 7.90. The van der Waals surface area contributed by atoms with E-state index in [1.165, 1.54) is 36.2 Å². The Hall–Kier alpha value is -2.14. The fourth-order valence-corrected chi connectivity index (χ4v) is 5.76. The number of aliphatic hydroxyl groups is 1. The largest absolute Gasteiger partial charge is 0.508 e. The van der Waals surface area contributed by atoms with Crippen molar-refractivity contribution in [2.45, 2.75) is 58.5 Å². The maximum absolute atomic E-state index is 9.92. The van der Waals surface area contributed by atoms with Crippen molar-refractivity contribution in [2.24, 2.45) is 17.8 Å². The number of fused-ring (bicyclic) bond motifs is 1. The molecule has 4 rings (SSSR count). The minimum atomic E-state index is 0.180. The van der Waals surface area contributed by atoms with Crippen LogP contribution in [0.25, 0.3) is 11.1 Å². The summed E-state index contributed by atoms with van der Waals surface area (Å²) in [5.74, 6) is 2.63. The highest BCUT2D eigenvalue weighted by Gasteiger charge is 2.44. The molecule has 4 unspecified atom stereocenters. The van der Waals surface area contributed by atoms with Gasteiger partial charge >= 0.3 is 0 Å². The molecule has 0 aromatic heterocycles. The second-order valence-electron chi connectivity index (χ2n) is 10.5. The van der Waals surface area contributed by atoms with Crippen molar-refractivity contribution in [1.29, 1.82) is 0 Å². The SMILES string of the molecule is CCC(CCC(C)OCCN1CC2CC2C1)/C(=C(/CCCO)c1ccccc1)c1ccc(O)cc1. The lowest BCUT2D eigenvalue weighted by molar-refractivity contribution is 0.0428. The zero-order valence-corrected chi connectivity index (χ0v) is 21.5. The lowest BCUT2D eigenvalue weighted by Gasteiger charge is -2.26. The molecule has 1 aliphatic heterocycles. The average molecular weight is 478 g/mol. The normalized spacial score (nSPS) is 21.9. The zero-order chi connectivity index (χ0) is 24.6. The van der Waals surface area contributed by atoms with Crippen LogP contribution in [0.2, 0.25) is 0 Å². The third-order valence-corrected chi connectivity index (χ3v) is 7.90. The molecule has 0 bridgehead atoms. The van der Waals surface area contributed by atoms with Crippen LogP contribution >= 0.6 is 0 Å². The molecular weight excluding hydrogens is 434 g/mol. The summed E-state index contributed by atoms with van der Waals surface area (Å²) in [5.41, 5.74) is 5.03. The maximum atomic E-state index is 9.92. The molecule has 2 aromatic rings. The van der Waals surface area contributed by atoms with Gasteiger partial charge in [-0.1, -0.05) is 49.4 Å². The number of rotatable bonds is 14. The van der Waals surface area contributed by atoms with Crippen molar-refractivity contribution in [3.63, 3.8) is 0 Å². The summed E-state index contributed by atoms with van der Waals surface area (Å²) in [6, 6.07) is 18.2. The van der Waals surface area contributed by atoms with Crippen LogP contribution in [-0.2, 0) is 4.74 Å². The summed E-state index contributed by atoms with van der Waals surface area (Å²) < 4.78 is 6.24. The molecule has 1 saturated heterocycles. The molecule has 4 heteroatoms. The van der Waals surface area contributed by atoms with Gasteiger partial charge in [-0.3, -0.25) is 0 Å². The van der Waals surface area contributed by atoms with E-state index in [1.807, 2.05) is 12.1 Å². The number of piperidine rings is 1. The van der Waals surface area contributed by atoms with Gasteiger partial charge in [-0.05, 0) is 97.6 Å². The number of ether oxygens (including phenoxy) is 1. The van der Waals surface area contributed by atoms with E-state index in [4.69, 9.17) is 4.74 Å². The molecule has 0 radical (unpaired) electrons. The van der Waals surface area contributed by atoms with Crippen LogP contribution < -0.4 is 0 Å². The Kier molecular flexibility index (Phi) is 9.42. The number of hydrogen-bond acceptors (Lipinski definition) is 4. The Bertz CT molecular complexity index is 929. The van der Waals surface area contributed by atoms with E-state index in [2.05, 4.69) is 49.1 Å². The van der Waals surface area contributed by atoms with Crippen molar-refractivity contribution in [2.75, 3.05) is 32.8 Å². The van der Waals surface area contributed by atoms with E-state index >= 15 is 0 Å². The molecule has 0 amide bonds. The molecule has 2 fully saturated rings. The van der Waals surface area contributed by atoms with Gasteiger partial charge in [-0.15, -0.1) is 0 Å². The molecule has 190 valence electrons. The molecule has 2 aromatic carbocycles. The molecule has 4 atom stereocenters. The number of phenols is 1. The van der Waals surface area contributed by atoms with E-state index in [0.29, 0.717) is 5.92 Å². The fraction of sp³-hybridized carbons (Fsp3) is 0.548. The van der Waals surface area contributed by atoms with Gasteiger partial charge in [-0.25, -0.2) is 0 Å². The summed E-state index contributed by atoms with van der Waals surface area (Å²) in [6.45, 7) is 9.09. The number of allylic oxidation sites excluding steroid dienone is 2. The average Bonchev–Trinajstić information content (AvgIpc) is 3.49. The first kappa shape index (κ1) is 25.9. The van der Waals surface area contributed by atoms with Crippen molar-refractivity contribution in [3.8, 4) is 5.75 Å². The Morgan fingerprint density at radius 2 is 1.71 bits per heavy atom. The topological polar surface area (TPSA) is 52.9 Å². The van der Waals surface area contributed by atoms with Crippen LogP contribution in [0, 0.1) is 17.8 Å². The second-order valence-corrected chi connectivity index (χ2v) is 10.5. The molecule has 1 heterocycles. The number of benzene rings is 2. The summed E-state index contributed by atoms with van der Waals surface area (Å²) >= 11 is 0. The fourth-order valence-electron chi connectivity index (χ4n) is 5.76. The molecule has 1 aliphatic carbocycles. The van der Waals surface area contributed by atoms with E-state index in [1.54, 1.807) is 12.1 Å². The standard InChI is InChI=1S/C31H43NO3/c1-3-24(12-11-23(2)35-19-17-32-21-27-20-28(27)22-32)31(26-13-15-29(34)16-14-26)30(10-7-18-33)25-8-5-4-6-9-25/h4-6,8-9,13-16,23-24,27-28,33-34H,3,7,10-12,17-22H2,1-2H3/b31-30+. The Balaban J connectivity index is 1.47. The Morgan fingerprint density at radius 1 is 1.00 bits per heavy atom. The molecule has 35 heavy (non-hydrogen) atoms. The monoisotopic (exact) mass is 477 g/mol. The van der Waals surface area contributed by atoms with Gasteiger partial charge in [0.05, 0.1) is 12.7 Å². The summed E-state index contributed by atoms with van der Waals surface area (Å²) in [7, 11) is 0. The van der Waals surface area contributed by atoms with Crippen LogP contribution in [0.3, 0.4) is 0 Å². The van der Waals surface area contributed by atoms with Gasteiger partial charge < -0.3 is 19.8 Å². The van der Waals surface area contributed by atoms with Gasteiger partial charge in [0.1, 0.15) is 5.75 Å². The van der Waals surface area contributed by atoms with Crippen LogP contribution in [0.4, 0.5) is 0 Å². The number of nitrogens with zero attached hydrogens (tertiary/aromatic N) is 1. The number of likely N-dealkylation sites (tertiary alicyclic amines) is 1. The third kappa shape index (κ3) is 7.19. The molecule has 2 N–H and O–H groups in total. The smallest absolute Gasteiger partial charge is 0.115 e. The molecule has 1 saturated carbocycles. The quantitative estimate of drug-likeness (QED) is 0.316. The van der Waals surface area contributed by atoms with Crippen LogP contribution in [0.5, 0.6) is 5.75 Å². The van der Waals surface area contributed by atoms with Gasteiger partial charge in [0.2, 0.25) is 0 Å². The lowest BCUT2D eigenvalue weighted by atomic mass is 9.80. The number of phenolic OH excluding ortho intramolecular Hbond substituents is 1. The van der Waals surface area contributed by atoms with E-state index in [9.17, 15) is 10.2 Å².